The van der Waals surface area contributed by atoms with E-state index in [1.807, 2.05) is 24.3 Å². The number of rotatable bonds is 4. The molecule has 0 bridgehead atoms. The maximum Gasteiger partial charge on any atom is 0.120 e. The molecule has 0 amide bonds. The van der Waals surface area contributed by atoms with Gasteiger partial charge in [0.2, 0.25) is 0 Å². The fourth-order valence-corrected chi connectivity index (χ4v) is 3.00. The van der Waals surface area contributed by atoms with Gasteiger partial charge in [0.15, 0.2) is 0 Å². The molecule has 0 unspecified atom stereocenters. The monoisotopic (exact) mass is 328 g/mol. The van der Waals surface area contributed by atoms with Crippen LogP contribution in [0.4, 0.5) is 0 Å². The third-order valence-corrected chi connectivity index (χ3v) is 4.38. The average molecular weight is 328 g/mol. The van der Waals surface area contributed by atoms with Gasteiger partial charge in [0.25, 0.3) is 0 Å². The van der Waals surface area contributed by atoms with E-state index < -0.39 is 24.4 Å². The van der Waals surface area contributed by atoms with Gasteiger partial charge in [-0.25, -0.2) is 4.99 Å². The van der Waals surface area contributed by atoms with E-state index in [2.05, 4.69) is 16.5 Å². The molecule has 126 valence electrons. The number of β-amino-alcohol motifs (C(OH)–C–C–N with tert-alkyl or cyclic N) is 1. The summed E-state index contributed by atoms with van der Waals surface area (Å²) in [6.45, 7) is 0.348. The molecule has 0 spiro atoms. The SMILES string of the molecule is OC[C@H]1[C@@H](O)[C@H](O)[C@@H](O)CN1Cc1ccc(C2=C=C=CC=N2)cc1. The van der Waals surface area contributed by atoms with Crippen LogP contribution >= 0.6 is 0 Å². The average Bonchev–Trinajstić information content (AvgIpc) is 2.61. The van der Waals surface area contributed by atoms with Gasteiger partial charge in [-0.1, -0.05) is 30.0 Å². The molecule has 0 aliphatic carbocycles. The molecule has 0 saturated carbocycles. The Morgan fingerprint density at radius 2 is 1.88 bits per heavy atom. The lowest BCUT2D eigenvalue weighted by Gasteiger charge is -2.43. The number of aliphatic hydroxyl groups is 4. The van der Waals surface area contributed by atoms with Crippen LogP contribution in [-0.2, 0) is 6.54 Å². The smallest absolute Gasteiger partial charge is 0.120 e. The molecule has 2 heterocycles. The molecular weight excluding hydrogens is 308 g/mol. The molecule has 6 nitrogen and oxygen atoms in total. The van der Waals surface area contributed by atoms with Crippen LogP contribution in [0.15, 0.2) is 46.8 Å². The van der Waals surface area contributed by atoms with Crippen LogP contribution in [0, 0.1) is 0 Å². The van der Waals surface area contributed by atoms with Crippen molar-refractivity contribution in [1.29, 1.82) is 0 Å². The van der Waals surface area contributed by atoms with Gasteiger partial charge < -0.3 is 20.4 Å². The van der Waals surface area contributed by atoms with Gasteiger partial charge in [-0.2, -0.15) is 0 Å². The van der Waals surface area contributed by atoms with Gasteiger partial charge in [-0.3, -0.25) is 4.90 Å². The van der Waals surface area contributed by atoms with Crippen molar-refractivity contribution in [1.82, 2.24) is 4.90 Å². The van der Waals surface area contributed by atoms with Crippen LogP contribution in [0.2, 0.25) is 0 Å². The van der Waals surface area contributed by atoms with Crippen molar-refractivity contribution in [2.24, 2.45) is 4.99 Å². The first-order chi connectivity index (χ1) is 11.6. The van der Waals surface area contributed by atoms with Crippen molar-refractivity contribution in [2.75, 3.05) is 13.2 Å². The second kappa shape index (κ2) is 7.26. The molecule has 2 aliphatic rings. The Morgan fingerprint density at radius 3 is 2.50 bits per heavy atom. The predicted octanol–water partition coefficient (Wildman–Crippen LogP) is -0.319. The number of hydrogen-bond acceptors (Lipinski definition) is 6. The normalized spacial score (nSPS) is 29.8. The minimum absolute atomic E-state index is 0.189. The van der Waals surface area contributed by atoms with E-state index in [-0.39, 0.29) is 13.2 Å². The van der Waals surface area contributed by atoms with Crippen molar-refractivity contribution < 1.29 is 20.4 Å². The highest BCUT2D eigenvalue weighted by atomic mass is 16.4. The Balaban J connectivity index is 1.74. The van der Waals surface area contributed by atoms with Gasteiger partial charge in [0, 0.05) is 30.9 Å². The highest BCUT2D eigenvalue weighted by molar-refractivity contribution is 5.81. The lowest BCUT2D eigenvalue weighted by molar-refractivity contribution is -0.147. The van der Waals surface area contributed by atoms with E-state index in [4.69, 9.17) is 0 Å². The van der Waals surface area contributed by atoms with Gasteiger partial charge in [-0.15, -0.1) is 0 Å². The number of aliphatic imine (C=N–C) groups is 1. The van der Waals surface area contributed by atoms with Crippen LogP contribution < -0.4 is 0 Å². The molecule has 2 aliphatic heterocycles. The molecule has 4 N–H and O–H groups in total. The number of benzene rings is 1. The zero-order valence-electron chi connectivity index (χ0n) is 13.1. The molecule has 3 rings (SSSR count). The van der Waals surface area contributed by atoms with Crippen LogP contribution in [0.1, 0.15) is 11.1 Å². The largest absolute Gasteiger partial charge is 0.395 e. The fourth-order valence-electron chi connectivity index (χ4n) is 3.00. The molecule has 1 fully saturated rings. The summed E-state index contributed by atoms with van der Waals surface area (Å²) in [5.41, 5.74) is 8.41. The van der Waals surface area contributed by atoms with E-state index in [9.17, 15) is 20.4 Å². The number of likely N-dealkylation sites (tertiary alicyclic amines) is 1. The second-order valence-electron chi connectivity index (χ2n) is 5.99. The summed E-state index contributed by atoms with van der Waals surface area (Å²) >= 11 is 0. The zero-order valence-corrected chi connectivity index (χ0v) is 13.1. The molecule has 0 radical (unpaired) electrons. The predicted molar refractivity (Wildman–Crippen MR) is 89.2 cm³/mol. The van der Waals surface area contributed by atoms with Crippen LogP contribution in [0.25, 0.3) is 5.70 Å². The molecule has 1 aromatic carbocycles. The fraction of sp³-hybridized carbons (Fsp3) is 0.389. The topological polar surface area (TPSA) is 96.5 Å². The van der Waals surface area contributed by atoms with Crippen molar-refractivity contribution >= 4 is 11.9 Å². The number of piperidine rings is 1. The van der Waals surface area contributed by atoms with E-state index >= 15 is 0 Å². The number of nitrogens with zero attached hydrogens (tertiary/aromatic N) is 2. The summed E-state index contributed by atoms with van der Waals surface area (Å²) in [7, 11) is 0. The van der Waals surface area contributed by atoms with E-state index in [1.165, 1.54) is 0 Å². The van der Waals surface area contributed by atoms with Crippen molar-refractivity contribution in [3.8, 4) is 0 Å². The third-order valence-electron chi connectivity index (χ3n) is 4.38. The van der Waals surface area contributed by atoms with Crippen molar-refractivity contribution in [2.45, 2.75) is 30.9 Å². The van der Waals surface area contributed by atoms with Crippen molar-refractivity contribution in [3.05, 3.63) is 52.9 Å². The number of allylic oxidation sites excluding steroid dienone is 1. The number of hydrogen-bond donors (Lipinski definition) is 4. The molecular formula is C18H20N2O4. The minimum Gasteiger partial charge on any atom is -0.395 e. The van der Waals surface area contributed by atoms with Gasteiger partial charge in [0.1, 0.15) is 17.9 Å². The minimum atomic E-state index is -1.24. The second-order valence-corrected chi connectivity index (χ2v) is 5.99. The Morgan fingerprint density at radius 1 is 1.12 bits per heavy atom. The summed E-state index contributed by atoms with van der Waals surface area (Å²) < 4.78 is 0. The summed E-state index contributed by atoms with van der Waals surface area (Å²) in [5.74, 6) is 0. The summed E-state index contributed by atoms with van der Waals surface area (Å²) in [6, 6.07) is 7.08. The van der Waals surface area contributed by atoms with Gasteiger partial charge in [-0.05, 0) is 11.3 Å². The molecule has 4 atom stereocenters. The van der Waals surface area contributed by atoms with E-state index in [0.717, 1.165) is 11.1 Å². The Bertz CT molecular complexity index is 715. The molecule has 1 aromatic rings. The standard InChI is InChI=1S/C18H20N2O4/c21-11-15-17(23)18(24)16(22)10-20(15)9-12-4-6-13(7-5-12)14-3-1-2-8-19-14/h2,4-8,15-18,21-24H,9-11H2/t15-,16-,17+,18+/m0/s1. The highest BCUT2D eigenvalue weighted by Crippen LogP contribution is 2.22. The molecule has 0 aromatic heterocycles. The third kappa shape index (κ3) is 3.41. The maximum absolute atomic E-state index is 10.0. The quantitative estimate of drug-likeness (QED) is 0.568. The van der Waals surface area contributed by atoms with Crippen LogP contribution in [0.3, 0.4) is 0 Å². The first-order valence-electron chi connectivity index (χ1n) is 7.83. The Hall–Kier alpha value is -2.01. The van der Waals surface area contributed by atoms with E-state index in [1.54, 1.807) is 17.2 Å². The van der Waals surface area contributed by atoms with Gasteiger partial charge in [0.05, 0.1) is 18.8 Å². The Labute approximate surface area is 140 Å². The maximum atomic E-state index is 10.0. The summed E-state index contributed by atoms with van der Waals surface area (Å²) in [5, 5.41) is 39.1. The molecule has 24 heavy (non-hydrogen) atoms. The Kier molecular flexibility index (Phi) is 5.09. The highest BCUT2D eigenvalue weighted by Gasteiger charge is 2.40. The first kappa shape index (κ1) is 16.8. The zero-order chi connectivity index (χ0) is 17.1. The molecule has 6 heteroatoms. The number of aliphatic hydroxyl groups excluding tert-OH is 4. The van der Waals surface area contributed by atoms with E-state index in [0.29, 0.717) is 12.2 Å². The molecule has 1 saturated heterocycles. The lowest BCUT2D eigenvalue weighted by Crippen LogP contribution is -2.62. The first-order valence-corrected chi connectivity index (χ1v) is 7.83. The van der Waals surface area contributed by atoms with Gasteiger partial charge >= 0.3 is 0 Å². The van der Waals surface area contributed by atoms with Crippen LogP contribution in [-0.4, -0.2) is 69.0 Å². The van der Waals surface area contributed by atoms with Crippen LogP contribution in [0.5, 0.6) is 0 Å². The lowest BCUT2D eigenvalue weighted by atomic mass is 9.93. The van der Waals surface area contributed by atoms with Crippen molar-refractivity contribution in [3.63, 3.8) is 0 Å². The summed E-state index contributed by atoms with van der Waals surface area (Å²) in [6.07, 6.45) is -0.115. The summed E-state index contributed by atoms with van der Waals surface area (Å²) in [4.78, 5) is 6.00.